The van der Waals surface area contributed by atoms with Crippen LogP contribution < -0.4 is 5.32 Å². The van der Waals surface area contributed by atoms with E-state index in [1.807, 2.05) is 6.07 Å². The molecule has 0 aliphatic rings. The van der Waals surface area contributed by atoms with E-state index < -0.39 is 5.97 Å². The van der Waals surface area contributed by atoms with Gasteiger partial charge < -0.3 is 10.1 Å². The summed E-state index contributed by atoms with van der Waals surface area (Å²) in [6.07, 6.45) is 1.97. The molecule has 0 saturated heterocycles. The molecule has 0 bridgehead atoms. The number of nitrogens with zero attached hydrogens (tertiary/aromatic N) is 1. The number of aryl methyl sites for hydroxylation is 1. The molecule has 0 fully saturated rings. The first-order chi connectivity index (χ1) is 10.00. The van der Waals surface area contributed by atoms with Gasteiger partial charge in [-0.1, -0.05) is 30.3 Å². The maximum Gasteiger partial charge on any atom is 0.357 e. The van der Waals surface area contributed by atoms with Crippen LogP contribution >= 0.6 is 11.3 Å². The monoisotopic (exact) mass is 304 g/mol. The van der Waals surface area contributed by atoms with Crippen molar-refractivity contribution in [1.82, 2.24) is 4.98 Å². The molecular weight excluding hydrogens is 284 g/mol. The Bertz CT molecular complexity index is 593. The van der Waals surface area contributed by atoms with Gasteiger partial charge in [0.05, 0.1) is 7.11 Å². The lowest BCUT2D eigenvalue weighted by molar-refractivity contribution is 0.0595. The second-order valence-corrected chi connectivity index (χ2v) is 6.38. The van der Waals surface area contributed by atoms with Gasteiger partial charge in [-0.3, -0.25) is 0 Å². The van der Waals surface area contributed by atoms with Gasteiger partial charge in [0.1, 0.15) is 0 Å². The van der Waals surface area contributed by atoms with Crippen molar-refractivity contribution in [3.63, 3.8) is 0 Å². The molecule has 0 atom stereocenters. The van der Waals surface area contributed by atoms with Crippen LogP contribution in [0.3, 0.4) is 0 Å². The number of carbonyl (C=O) groups is 1. The zero-order valence-electron chi connectivity index (χ0n) is 12.6. The summed E-state index contributed by atoms with van der Waals surface area (Å²) in [5, 5.41) is 5.84. The molecule has 0 unspecified atom stereocenters. The van der Waals surface area contributed by atoms with Gasteiger partial charge in [-0.25, -0.2) is 9.78 Å². The first kappa shape index (κ1) is 15.5. The van der Waals surface area contributed by atoms with Crippen LogP contribution in [0.2, 0.25) is 0 Å². The number of benzene rings is 1. The number of methoxy groups -OCH3 is 1. The van der Waals surface area contributed by atoms with Crippen LogP contribution in [0.25, 0.3) is 0 Å². The highest BCUT2D eigenvalue weighted by Gasteiger charge is 2.20. The van der Waals surface area contributed by atoms with Crippen LogP contribution in [0.1, 0.15) is 36.3 Å². The number of esters is 1. The second-order valence-electron chi connectivity index (χ2n) is 5.52. The molecule has 112 valence electrons. The van der Waals surface area contributed by atoms with Gasteiger partial charge in [-0.2, -0.15) is 0 Å². The largest absolute Gasteiger partial charge is 0.464 e. The zero-order chi connectivity index (χ0) is 15.3. The Hall–Kier alpha value is -1.88. The molecule has 2 rings (SSSR count). The van der Waals surface area contributed by atoms with Crippen molar-refractivity contribution in [2.45, 2.75) is 32.2 Å². The maximum absolute atomic E-state index is 11.4. The Balaban J connectivity index is 1.94. The lowest BCUT2D eigenvalue weighted by atomic mass is 9.95. The first-order valence-electron chi connectivity index (χ1n) is 6.86. The molecule has 21 heavy (non-hydrogen) atoms. The van der Waals surface area contributed by atoms with Crippen molar-refractivity contribution >= 4 is 22.4 Å². The van der Waals surface area contributed by atoms with Crippen molar-refractivity contribution in [1.29, 1.82) is 0 Å². The minimum Gasteiger partial charge on any atom is -0.464 e. The van der Waals surface area contributed by atoms with Gasteiger partial charge >= 0.3 is 5.97 Å². The molecule has 1 aromatic carbocycles. The third-order valence-corrected chi connectivity index (χ3v) is 3.98. The first-order valence-corrected chi connectivity index (χ1v) is 7.74. The van der Waals surface area contributed by atoms with Crippen LogP contribution in [0.4, 0.5) is 5.13 Å². The number of hydrogen-bond acceptors (Lipinski definition) is 5. The zero-order valence-corrected chi connectivity index (χ0v) is 13.4. The van der Waals surface area contributed by atoms with Gasteiger partial charge in [-0.05, 0) is 32.3 Å². The number of thiazole rings is 1. The van der Waals surface area contributed by atoms with Crippen LogP contribution in [0, 0.1) is 0 Å². The molecule has 4 nitrogen and oxygen atoms in total. The van der Waals surface area contributed by atoms with E-state index in [9.17, 15) is 4.79 Å². The minimum absolute atomic E-state index is 0.0961. The number of aromatic nitrogens is 1. The van der Waals surface area contributed by atoms with Crippen molar-refractivity contribution in [2.75, 3.05) is 12.4 Å². The Labute approximate surface area is 129 Å². The Morgan fingerprint density at radius 1 is 1.33 bits per heavy atom. The molecular formula is C16H20N2O2S. The Morgan fingerprint density at radius 3 is 2.71 bits per heavy atom. The fraction of sp³-hybridized carbons (Fsp3) is 0.375. The van der Waals surface area contributed by atoms with Crippen LogP contribution in [-0.4, -0.2) is 23.6 Å². The number of nitrogens with one attached hydrogen (secondary N) is 1. The Kier molecular flexibility index (Phi) is 4.96. The van der Waals surface area contributed by atoms with E-state index in [-0.39, 0.29) is 5.54 Å². The SMILES string of the molecule is COC(=O)c1csc(NC(C)(C)CCc2ccccc2)n1. The van der Waals surface area contributed by atoms with Gasteiger partial charge in [0.2, 0.25) is 0 Å². The summed E-state index contributed by atoms with van der Waals surface area (Å²) >= 11 is 1.42. The average molecular weight is 304 g/mol. The van der Waals surface area contributed by atoms with E-state index in [1.54, 1.807) is 5.38 Å². The topological polar surface area (TPSA) is 51.2 Å². The molecule has 0 aliphatic heterocycles. The average Bonchev–Trinajstić information content (AvgIpc) is 2.93. The molecule has 1 aromatic heterocycles. The summed E-state index contributed by atoms with van der Waals surface area (Å²) in [5.74, 6) is -0.401. The summed E-state index contributed by atoms with van der Waals surface area (Å²) in [4.78, 5) is 15.7. The fourth-order valence-corrected chi connectivity index (χ4v) is 2.84. The van der Waals surface area contributed by atoms with E-state index in [4.69, 9.17) is 0 Å². The smallest absolute Gasteiger partial charge is 0.357 e. The predicted molar refractivity (Wildman–Crippen MR) is 85.9 cm³/mol. The highest BCUT2D eigenvalue weighted by atomic mass is 32.1. The Morgan fingerprint density at radius 2 is 2.05 bits per heavy atom. The van der Waals surface area contributed by atoms with E-state index in [0.29, 0.717) is 5.69 Å². The van der Waals surface area contributed by atoms with Gasteiger partial charge in [0, 0.05) is 10.9 Å². The van der Waals surface area contributed by atoms with E-state index in [1.165, 1.54) is 24.0 Å². The predicted octanol–water partition coefficient (Wildman–Crippen LogP) is 3.75. The normalized spacial score (nSPS) is 11.2. The number of ether oxygens (including phenoxy) is 1. The van der Waals surface area contributed by atoms with E-state index >= 15 is 0 Å². The standard InChI is InChI=1S/C16H20N2O2S/c1-16(2,10-9-12-7-5-4-6-8-12)18-15-17-13(11-21-15)14(19)20-3/h4-8,11H,9-10H2,1-3H3,(H,17,18). The summed E-state index contributed by atoms with van der Waals surface area (Å²) < 4.78 is 4.66. The minimum atomic E-state index is -0.401. The van der Waals surface area contributed by atoms with Gasteiger partial charge in [-0.15, -0.1) is 11.3 Å². The maximum atomic E-state index is 11.4. The molecule has 0 aliphatic carbocycles. The molecule has 0 radical (unpaired) electrons. The molecule has 1 N–H and O–H groups in total. The van der Waals surface area contributed by atoms with Crippen molar-refractivity contribution in [3.8, 4) is 0 Å². The number of carbonyl (C=O) groups excluding carboxylic acids is 1. The van der Waals surface area contributed by atoms with Crippen LogP contribution in [-0.2, 0) is 11.2 Å². The molecule has 5 heteroatoms. The number of rotatable bonds is 6. The highest BCUT2D eigenvalue weighted by molar-refractivity contribution is 7.13. The van der Waals surface area contributed by atoms with Crippen molar-refractivity contribution in [3.05, 3.63) is 47.0 Å². The van der Waals surface area contributed by atoms with Crippen molar-refractivity contribution in [2.24, 2.45) is 0 Å². The number of anilines is 1. The molecule has 1 heterocycles. The molecule has 0 saturated carbocycles. The number of hydrogen-bond donors (Lipinski definition) is 1. The van der Waals surface area contributed by atoms with E-state index in [0.717, 1.165) is 18.0 Å². The molecule has 0 amide bonds. The summed E-state index contributed by atoms with van der Waals surface area (Å²) in [5.41, 5.74) is 1.58. The lowest BCUT2D eigenvalue weighted by Crippen LogP contribution is -2.31. The summed E-state index contributed by atoms with van der Waals surface area (Å²) in [7, 11) is 1.36. The van der Waals surface area contributed by atoms with Crippen molar-refractivity contribution < 1.29 is 9.53 Å². The van der Waals surface area contributed by atoms with Gasteiger partial charge in [0.15, 0.2) is 10.8 Å². The van der Waals surface area contributed by atoms with E-state index in [2.05, 4.69) is 53.2 Å². The molecule has 0 spiro atoms. The summed E-state index contributed by atoms with van der Waals surface area (Å²) in [6.45, 7) is 4.27. The lowest BCUT2D eigenvalue weighted by Gasteiger charge is -2.26. The quantitative estimate of drug-likeness (QED) is 0.826. The third kappa shape index (κ3) is 4.56. The second kappa shape index (κ2) is 6.72. The van der Waals surface area contributed by atoms with Gasteiger partial charge in [0.25, 0.3) is 0 Å². The third-order valence-electron chi connectivity index (χ3n) is 3.23. The molecule has 2 aromatic rings. The fourth-order valence-electron chi connectivity index (χ4n) is 1.98. The van der Waals surface area contributed by atoms with Crippen LogP contribution in [0.15, 0.2) is 35.7 Å². The van der Waals surface area contributed by atoms with Crippen LogP contribution in [0.5, 0.6) is 0 Å². The summed E-state index contributed by atoms with van der Waals surface area (Å²) in [6, 6.07) is 10.4. The highest BCUT2D eigenvalue weighted by Crippen LogP contribution is 2.23.